The van der Waals surface area contributed by atoms with Crippen molar-refractivity contribution in [2.24, 2.45) is 0 Å². The van der Waals surface area contributed by atoms with E-state index in [4.69, 9.17) is 27.9 Å². The van der Waals surface area contributed by atoms with Crippen LogP contribution in [0.25, 0.3) is 0 Å². The van der Waals surface area contributed by atoms with Gasteiger partial charge < -0.3 is 15.2 Å². The molecule has 0 amide bonds. The predicted octanol–water partition coefficient (Wildman–Crippen LogP) is 5.58. The van der Waals surface area contributed by atoms with Crippen molar-refractivity contribution in [3.05, 3.63) is 82.4 Å². The number of ether oxygens (including phenoxy) is 1. The van der Waals surface area contributed by atoms with E-state index in [9.17, 15) is 14.7 Å². The summed E-state index contributed by atoms with van der Waals surface area (Å²) in [6, 6.07) is 11.9. The number of anilines is 2. The molecule has 0 saturated carbocycles. The standard InChI is InChI=1S/C21H19Cl2NO4/c1-2-3-4-12-19(25)28-13-15(21(26)27)14-8-5-6-11-18(14)24-20-16(22)9-7-10-17(20)23/h2-12,15,24H,13H2,1H3,(H,26,27). The van der Waals surface area contributed by atoms with E-state index in [0.29, 0.717) is 27.0 Å². The van der Waals surface area contributed by atoms with Gasteiger partial charge in [-0.15, -0.1) is 0 Å². The number of benzene rings is 2. The molecular weight excluding hydrogens is 401 g/mol. The lowest BCUT2D eigenvalue weighted by Gasteiger charge is -2.19. The van der Waals surface area contributed by atoms with Gasteiger partial charge in [-0.3, -0.25) is 4.79 Å². The van der Waals surface area contributed by atoms with Gasteiger partial charge in [-0.1, -0.05) is 65.7 Å². The number of esters is 1. The summed E-state index contributed by atoms with van der Waals surface area (Å²) in [6.07, 6.45) is 6.17. The lowest BCUT2D eigenvalue weighted by molar-refractivity contribution is -0.144. The number of carboxylic acid groups (broad SMARTS) is 1. The zero-order chi connectivity index (χ0) is 20.5. The van der Waals surface area contributed by atoms with Gasteiger partial charge in [-0.05, 0) is 30.7 Å². The van der Waals surface area contributed by atoms with Crippen molar-refractivity contribution in [2.45, 2.75) is 12.8 Å². The van der Waals surface area contributed by atoms with Crippen molar-refractivity contribution >= 4 is 46.5 Å². The summed E-state index contributed by atoms with van der Waals surface area (Å²) < 4.78 is 5.10. The Kier molecular flexibility index (Phi) is 8.11. The molecule has 0 fully saturated rings. The zero-order valence-electron chi connectivity index (χ0n) is 15.1. The number of carboxylic acids is 1. The van der Waals surface area contributed by atoms with Gasteiger partial charge in [0, 0.05) is 11.8 Å². The minimum atomic E-state index is -1.12. The summed E-state index contributed by atoms with van der Waals surface area (Å²) >= 11 is 12.4. The fourth-order valence-corrected chi connectivity index (χ4v) is 2.91. The molecule has 2 aromatic carbocycles. The first-order chi connectivity index (χ1) is 13.4. The molecule has 1 atom stereocenters. The van der Waals surface area contributed by atoms with Gasteiger partial charge in [0.25, 0.3) is 0 Å². The van der Waals surface area contributed by atoms with Gasteiger partial charge in [0.1, 0.15) is 12.5 Å². The normalized spacial score (nSPS) is 12.2. The molecule has 0 bridgehead atoms. The topological polar surface area (TPSA) is 75.6 Å². The fourth-order valence-electron chi connectivity index (χ4n) is 2.42. The van der Waals surface area contributed by atoms with Gasteiger partial charge in [0.2, 0.25) is 0 Å². The lowest BCUT2D eigenvalue weighted by atomic mass is 9.98. The van der Waals surface area contributed by atoms with Crippen LogP contribution >= 0.6 is 23.2 Å². The zero-order valence-corrected chi connectivity index (χ0v) is 16.6. The van der Waals surface area contributed by atoms with Crippen molar-refractivity contribution in [1.29, 1.82) is 0 Å². The molecule has 0 radical (unpaired) electrons. The number of aliphatic carboxylic acids is 1. The molecule has 7 heteroatoms. The molecule has 146 valence electrons. The SMILES string of the molecule is CC=CC=CC(=O)OCC(C(=O)O)c1ccccc1Nc1c(Cl)cccc1Cl. The van der Waals surface area contributed by atoms with E-state index in [0.717, 1.165) is 0 Å². The Labute approximate surface area is 173 Å². The van der Waals surface area contributed by atoms with E-state index in [1.165, 1.54) is 12.2 Å². The number of carbonyl (C=O) groups excluding carboxylic acids is 1. The van der Waals surface area contributed by atoms with Gasteiger partial charge in [-0.2, -0.15) is 0 Å². The molecule has 5 nitrogen and oxygen atoms in total. The van der Waals surface area contributed by atoms with E-state index < -0.39 is 17.9 Å². The minimum absolute atomic E-state index is 0.316. The number of nitrogens with one attached hydrogen (secondary N) is 1. The maximum Gasteiger partial charge on any atom is 0.330 e. The Bertz CT molecular complexity index is 889. The van der Waals surface area contributed by atoms with Gasteiger partial charge in [-0.25, -0.2) is 4.79 Å². The molecule has 0 spiro atoms. The highest BCUT2D eigenvalue weighted by Gasteiger charge is 2.24. The number of hydrogen-bond donors (Lipinski definition) is 2. The molecule has 28 heavy (non-hydrogen) atoms. The number of rotatable bonds is 8. The van der Waals surface area contributed by atoms with E-state index in [1.807, 2.05) is 6.92 Å². The first kappa shape index (κ1) is 21.5. The second-order valence-corrected chi connectivity index (χ2v) is 6.53. The Hall–Kier alpha value is -2.76. The van der Waals surface area contributed by atoms with Crippen LogP contribution in [0, 0.1) is 0 Å². The van der Waals surface area contributed by atoms with Crippen LogP contribution < -0.4 is 5.32 Å². The Balaban J connectivity index is 2.26. The highest BCUT2D eigenvalue weighted by molar-refractivity contribution is 6.39. The van der Waals surface area contributed by atoms with Crippen LogP contribution in [0.2, 0.25) is 10.0 Å². The molecule has 0 heterocycles. The Morgan fingerprint density at radius 1 is 1.11 bits per heavy atom. The number of para-hydroxylation sites is 2. The highest BCUT2D eigenvalue weighted by Crippen LogP contribution is 2.35. The van der Waals surface area contributed by atoms with Gasteiger partial charge in [0.05, 0.1) is 15.7 Å². The Morgan fingerprint density at radius 2 is 1.79 bits per heavy atom. The molecule has 2 rings (SSSR count). The van der Waals surface area contributed by atoms with Crippen LogP contribution in [0.3, 0.4) is 0 Å². The molecule has 0 aliphatic rings. The molecular formula is C21H19Cl2NO4. The van der Waals surface area contributed by atoms with Crippen LogP contribution in [0.1, 0.15) is 18.4 Å². The van der Waals surface area contributed by atoms with Crippen molar-refractivity contribution in [3.8, 4) is 0 Å². The Morgan fingerprint density at radius 3 is 2.43 bits per heavy atom. The number of hydrogen-bond acceptors (Lipinski definition) is 4. The van der Waals surface area contributed by atoms with E-state index in [1.54, 1.807) is 54.6 Å². The third-order valence-electron chi connectivity index (χ3n) is 3.78. The summed E-state index contributed by atoms with van der Waals surface area (Å²) in [4.78, 5) is 23.6. The summed E-state index contributed by atoms with van der Waals surface area (Å²) in [5, 5.41) is 13.5. The monoisotopic (exact) mass is 419 g/mol. The summed E-state index contributed by atoms with van der Waals surface area (Å²) in [5.41, 5.74) is 1.41. The second kappa shape index (κ2) is 10.5. The molecule has 2 N–H and O–H groups in total. The molecule has 0 aromatic heterocycles. The highest BCUT2D eigenvalue weighted by atomic mass is 35.5. The predicted molar refractivity (Wildman–Crippen MR) is 111 cm³/mol. The maximum atomic E-state index is 11.8. The summed E-state index contributed by atoms with van der Waals surface area (Å²) in [6.45, 7) is 1.49. The molecule has 1 unspecified atom stereocenters. The van der Waals surface area contributed by atoms with Gasteiger partial charge >= 0.3 is 11.9 Å². The van der Waals surface area contributed by atoms with Crippen LogP contribution in [-0.2, 0) is 14.3 Å². The lowest BCUT2D eigenvalue weighted by Crippen LogP contribution is -2.20. The van der Waals surface area contributed by atoms with Crippen molar-refractivity contribution < 1.29 is 19.4 Å². The van der Waals surface area contributed by atoms with Crippen LogP contribution in [-0.4, -0.2) is 23.7 Å². The molecule has 0 saturated heterocycles. The fraction of sp³-hybridized carbons (Fsp3) is 0.143. The van der Waals surface area contributed by atoms with Crippen LogP contribution in [0.15, 0.2) is 66.8 Å². The van der Waals surface area contributed by atoms with Crippen molar-refractivity contribution in [3.63, 3.8) is 0 Å². The summed E-state index contributed by atoms with van der Waals surface area (Å²) in [7, 11) is 0. The number of carbonyl (C=O) groups is 2. The van der Waals surface area contributed by atoms with E-state index in [2.05, 4.69) is 5.32 Å². The van der Waals surface area contributed by atoms with Crippen LogP contribution in [0.4, 0.5) is 11.4 Å². The summed E-state index contributed by atoms with van der Waals surface area (Å²) in [5.74, 6) is -2.81. The molecule has 2 aromatic rings. The maximum absolute atomic E-state index is 11.8. The largest absolute Gasteiger partial charge is 0.481 e. The molecule has 0 aliphatic heterocycles. The third kappa shape index (κ3) is 5.87. The van der Waals surface area contributed by atoms with Gasteiger partial charge in [0.15, 0.2) is 0 Å². The van der Waals surface area contributed by atoms with E-state index >= 15 is 0 Å². The quantitative estimate of drug-likeness (QED) is 0.331. The third-order valence-corrected chi connectivity index (χ3v) is 4.41. The molecule has 0 aliphatic carbocycles. The second-order valence-electron chi connectivity index (χ2n) is 5.71. The first-order valence-corrected chi connectivity index (χ1v) is 9.18. The van der Waals surface area contributed by atoms with Crippen molar-refractivity contribution in [2.75, 3.05) is 11.9 Å². The van der Waals surface area contributed by atoms with Crippen molar-refractivity contribution in [1.82, 2.24) is 0 Å². The minimum Gasteiger partial charge on any atom is -0.481 e. The smallest absolute Gasteiger partial charge is 0.330 e. The average molecular weight is 420 g/mol. The van der Waals surface area contributed by atoms with E-state index in [-0.39, 0.29) is 6.61 Å². The first-order valence-electron chi connectivity index (χ1n) is 8.43. The average Bonchev–Trinajstić information content (AvgIpc) is 2.66. The number of halogens is 2. The number of allylic oxidation sites excluding steroid dienone is 3. The van der Waals surface area contributed by atoms with Crippen LogP contribution in [0.5, 0.6) is 0 Å².